The molecule has 23 heavy (non-hydrogen) atoms. The summed E-state index contributed by atoms with van der Waals surface area (Å²) in [6.07, 6.45) is 3.02. The first-order valence-corrected chi connectivity index (χ1v) is 7.63. The van der Waals surface area contributed by atoms with Crippen molar-refractivity contribution in [1.29, 1.82) is 0 Å². The number of allylic oxidation sites excluding steroid dienone is 2. The average Bonchev–Trinajstić information content (AvgIpc) is 2.95. The van der Waals surface area contributed by atoms with Gasteiger partial charge in [0, 0.05) is 42.8 Å². The SMILES string of the molecule is CC(=O)/C=C(/C)O.[Ir].[c-]1ccccc1-c1nccc2ccsc12. The molecule has 0 aliphatic heterocycles. The van der Waals surface area contributed by atoms with Crippen molar-refractivity contribution in [3.63, 3.8) is 0 Å². The quantitative estimate of drug-likeness (QED) is 0.311. The van der Waals surface area contributed by atoms with Crippen LogP contribution in [0.5, 0.6) is 0 Å². The number of rotatable bonds is 2. The van der Waals surface area contributed by atoms with Gasteiger partial charge in [0.15, 0.2) is 5.78 Å². The van der Waals surface area contributed by atoms with Crippen LogP contribution in [0.4, 0.5) is 0 Å². The maximum atomic E-state index is 10.0. The first-order valence-electron chi connectivity index (χ1n) is 6.75. The largest absolute Gasteiger partial charge is 0.512 e. The van der Waals surface area contributed by atoms with E-state index in [1.807, 2.05) is 36.5 Å². The predicted molar refractivity (Wildman–Crippen MR) is 91.0 cm³/mol. The Morgan fingerprint density at radius 1 is 1.26 bits per heavy atom. The number of thiophene rings is 1. The Morgan fingerprint density at radius 3 is 2.61 bits per heavy atom. The third-order valence-electron chi connectivity index (χ3n) is 2.74. The Labute approximate surface area is 153 Å². The molecule has 3 nitrogen and oxygen atoms in total. The van der Waals surface area contributed by atoms with Gasteiger partial charge in [-0.15, -0.1) is 35.9 Å². The Balaban J connectivity index is 0.000000287. The third-order valence-corrected chi connectivity index (χ3v) is 3.68. The minimum absolute atomic E-state index is 0. The Morgan fingerprint density at radius 2 is 2.04 bits per heavy atom. The number of benzene rings is 1. The van der Waals surface area contributed by atoms with Crippen LogP contribution in [0.15, 0.2) is 59.8 Å². The molecule has 1 N–H and O–H groups in total. The predicted octanol–water partition coefficient (Wildman–Crippen LogP) is 4.80. The van der Waals surface area contributed by atoms with E-state index < -0.39 is 0 Å². The normalized spacial score (nSPS) is 10.4. The van der Waals surface area contributed by atoms with E-state index in [9.17, 15) is 4.79 Å². The molecule has 2 heterocycles. The minimum atomic E-state index is -0.125. The first-order chi connectivity index (χ1) is 10.6. The summed E-state index contributed by atoms with van der Waals surface area (Å²) in [6, 6.07) is 15.3. The summed E-state index contributed by atoms with van der Waals surface area (Å²) in [6.45, 7) is 2.85. The van der Waals surface area contributed by atoms with Crippen molar-refractivity contribution in [2.45, 2.75) is 13.8 Å². The van der Waals surface area contributed by atoms with Gasteiger partial charge in [-0.05, 0) is 36.7 Å². The van der Waals surface area contributed by atoms with Crippen LogP contribution in [0, 0.1) is 6.07 Å². The van der Waals surface area contributed by atoms with Gasteiger partial charge in [0.2, 0.25) is 0 Å². The van der Waals surface area contributed by atoms with Crippen molar-refractivity contribution in [1.82, 2.24) is 4.98 Å². The summed E-state index contributed by atoms with van der Waals surface area (Å²) < 4.78 is 1.24. The Bertz CT molecular complexity index is 793. The van der Waals surface area contributed by atoms with Crippen LogP contribution in [0.1, 0.15) is 13.8 Å². The Kier molecular flexibility index (Phi) is 7.82. The molecular weight excluding hydrogens is 486 g/mol. The van der Waals surface area contributed by atoms with Gasteiger partial charge in [-0.1, -0.05) is 0 Å². The minimum Gasteiger partial charge on any atom is -0.512 e. The van der Waals surface area contributed by atoms with Gasteiger partial charge in [-0.2, -0.15) is 11.3 Å². The summed E-state index contributed by atoms with van der Waals surface area (Å²) in [7, 11) is 0. The molecule has 0 atom stereocenters. The van der Waals surface area contributed by atoms with Crippen molar-refractivity contribution in [3.05, 3.63) is 65.9 Å². The maximum absolute atomic E-state index is 10.0. The Hall–Kier alpha value is -1.81. The maximum Gasteiger partial charge on any atom is 0.155 e. The standard InChI is InChI=1S/C13H8NS.C5H8O2.Ir/c1-2-4-10(5-3-1)12-13-11(6-8-14-12)7-9-15-13;1-4(6)3-5(2)7;/h1-4,6-9H;3,6H,1-2H3;/q-1;;/b;4-3-;. The van der Waals surface area contributed by atoms with Crippen LogP contribution >= 0.6 is 11.3 Å². The van der Waals surface area contributed by atoms with Crippen LogP contribution < -0.4 is 0 Å². The summed E-state index contributed by atoms with van der Waals surface area (Å²) in [5.74, 6) is -0.0625. The molecule has 1 aromatic carbocycles. The average molecular weight is 503 g/mol. The van der Waals surface area contributed by atoms with Gasteiger partial charge in [-0.25, -0.2) is 0 Å². The first kappa shape index (κ1) is 19.2. The molecule has 0 amide bonds. The van der Waals surface area contributed by atoms with Crippen molar-refractivity contribution >= 4 is 27.2 Å². The van der Waals surface area contributed by atoms with Crippen molar-refractivity contribution in [3.8, 4) is 11.3 Å². The second-order valence-electron chi connectivity index (χ2n) is 4.67. The van der Waals surface area contributed by atoms with Crippen LogP contribution in [0.25, 0.3) is 21.3 Å². The third kappa shape index (κ3) is 5.71. The van der Waals surface area contributed by atoms with Gasteiger partial charge in [0.1, 0.15) is 0 Å². The molecule has 2 aromatic heterocycles. The number of hydrogen-bond acceptors (Lipinski definition) is 4. The van der Waals surface area contributed by atoms with Crippen molar-refractivity contribution in [2.24, 2.45) is 0 Å². The molecule has 0 spiro atoms. The van der Waals surface area contributed by atoms with Gasteiger partial charge < -0.3 is 10.1 Å². The van der Waals surface area contributed by atoms with E-state index in [-0.39, 0.29) is 31.6 Å². The van der Waals surface area contributed by atoms with Gasteiger partial charge >= 0.3 is 0 Å². The van der Waals surface area contributed by atoms with Crippen molar-refractivity contribution < 1.29 is 30.0 Å². The fourth-order valence-corrected chi connectivity index (χ4v) is 2.82. The van der Waals surface area contributed by atoms with E-state index in [2.05, 4.69) is 22.5 Å². The number of aromatic nitrogens is 1. The number of carbonyl (C=O) groups is 1. The second-order valence-corrected chi connectivity index (χ2v) is 5.59. The fourth-order valence-electron chi connectivity index (χ4n) is 1.92. The molecule has 0 unspecified atom stereocenters. The zero-order valence-corrected chi connectivity index (χ0v) is 16.0. The zero-order chi connectivity index (χ0) is 15.9. The molecule has 3 aromatic rings. The topological polar surface area (TPSA) is 50.2 Å². The number of ketones is 1. The second kappa shape index (κ2) is 9.36. The van der Waals surface area contributed by atoms with Crippen LogP contribution in [-0.2, 0) is 24.9 Å². The van der Waals surface area contributed by atoms with E-state index >= 15 is 0 Å². The van der Waals surface area contributed by atoms with Crippen molar-refractivity contribution in [2.75, 3.05) is 0 Å². The number of pyridine rings is 1. The molecular formula is C18H16IrNO2S-. The summed E-state index contributed by atoms with van der Waals surface area (Å²) in [5.41, 5.74) is 2.09. The monoisotopic (exact) mass is 503 g/mol. The number of aliphatic hydroxyl groups excluding tert-OH is 1. The molecule has 5 heteroatoms. The van der Waals surface area contributed by atoms with Crippen LogP contribution in [-0.4, -0.2) is 15.9 Å². The molecule has 0 bridgehead atoms. The number of fused-ring (bicyclic) bond motifs is 1. The molecule has 3 rings (SSSR count). The van der Waals surface area contributed by atoms with E-state index in [0.29, 0.717) is 0 Å². The zero-order valence-electron chi connectivity index (χ0n) is 12.7. The molecule has 0 fully saturated rings. The smallest absolute Gasteiger partial charge is 0.155 e. The molecule has 1 radical (unpaired) electrons. The van der Waals surface area contributed by atoms with E-state index in [1.54, 1.807) is 11.3 Å². The number of carbonyl (C=O) groups excluding carboxylic acids is 1. The number of aliphatic hydroxyl groups is 1. The van der Waals surface area contributed by atoms with E-state index in [1.165, 1.54) is 30.0 Å². The number of nitrogens with zero attached hydrogens (tertiary/aromatic N) is 1. The van der Waals surface area contributed by atoms with Gasteiger partial charge in [-0.3, -0.25) is 4.79 Å². The molecule has 0 aliphatic rings. The molecule has 0 saturated carbocycles. The van der Waals surface area contributed by atoms with Gasteiger partial charge in [0.05, 0.1) is 5.76 Å². The fraction of sp³-hybridized carbons (Fsp3) is 0.111. The summed E-state index contributed by atoms with van der Waals surface area (Å²) >= 11 is 1.73. The molecule has 0 saturated heterocycles. The summed E-state index contributed by atoms with van der Waals surface area (Å²) in [5, 5.41) is 11.7. The number of hydrogen-bond donors (Lipinski definition) is 1. The summed E-state index contributed by atoms with van der Waals surface area (Å²) in [4.78, 5) is 14.4. The molecule has 121 valence electrons. The molecule has 0 aliphatic carbocycles. The van der Waals surface area contributed by atoms with Crippen LogP contribution in [0.2, 0.25) is 0 Å². The van der Waals surface area contributed by atoms with Crippen LogP contribution in [0.3, 0.4) is 0 Å². The van der Waals surface area contributed by atoms with E-state index in [0.717, 1.165) is 11.3 Å². The van der Waals surface area contributed by atoms with E-state index in [4.69, 9.17) is 5.11 Å². The van der Waals surface area contributed by atoms with Gasteiger partial charge in [0.25, 0.3) is 0 Å².